The molecule has 1 atom stereocenters. The molecule has 19 heavy (non-hydrogen) atoms. The molecule has 1 saturated heterocycles. The molecule has 0 aliphatic carbocycles. The molecule has 1 aliphatic rings. The molecule has 1 heterocycles. The molecule has 2 aromatic rings. The molecule has 98 valence electrons. The average molecular weight is 263 g/mol. The van der Waals surface area contributed by atoms with Crippen LogP contribution in [0, 0.1) is 0 Å². The number of carbonyl (C=O) groups is 1. The number of alkyl halides is 2. The molecular weight excluding hydrogens is 252 g/mol. The van der Waals surface area contributed by atoms with Crippen LogP contribution in [0.3, 0.4) is 0 Å². The summed E-state index contributed by atoms with van der Waals surface area (Å²) in [6, 6.07) is 11.2. The maximum absolute atomic E-state index is 13.8. The number of hydrogen-bond acceptors (Lipinski definition) is 2. The minimum absolute atomic E-state index is 0.375. The summed E-state index contributed by atoms with van der Waals surface area (Å²) < 4.78 is 31.9. The molecule has 0 saturated carbocycles. The van der Waals surface area contributed by atoms with Crippen molar-refractivity contribution in [3.8, 4) is 0 Å². The fraction of sp³-hybridized carbons (Fsp3) is 0.214. The average Bonchev–Trinajstić information content (AvgIpc) is 2.41. The lowest BCUT2D eigenvalue weighted by Gasteiger charge is -2.31. The minimum atomic E-state index is -3.11. The van der Waals surface area contributed by atoms with Gasteiger partial charge in [-0.25, -0.2) is 13.6 Å². The van der Waals surface area contributed by atoms with Crippen molar-refractivity contribution in [2.45, 2.75) is 12.0 Å². The summed E-state index contributed by atoms with van der Waals surface area (Å²) in [6.45, 7) is -0.893. The summed E-state index contributed by atoms with van der Waals surface area (Å²) in [5.74, 6) is -3.11. The number of ether oxygens (including phenoxy) is 1. The van der Waals surface area contributed by atoms with Crippen LogP contribution in [0.1, 0.15) is 11.6 Å². The van der Waals surface area contributed by atoms with Gasteiger partial charge in [-0.3, -0.25) is 0 Å². The summed E-state index contributed by atoms with van der Waals surface area (Å²) in [6.07, 6.45) is -0.816. The van der Waals surface area contributed by atoms with Gasteiger partial charge in [-0.2, -0.15) is 0 Å². The van der Waals surface area contributed by atoms with Gasteiger partial charge in [0, 0.05) is 0 Å². The molecule has 1 N–H and O–H groups in total. The highest BCUT2D eigenvalue weighted by Crippen LogP contribution is 2.35. The Bertz CT molecular complexity index is 642. The lowest BCUT2D eigenvalue weighted by Crippen LogP contribution is -2.49. The number of benzene rings is 2. The smallest absolute Gasteiger partial charge is 0.408 e. The molecule has 3 rings (SSSR count). The van der Waals surface area contributed by atoms with E-state index in [1.165, 1.54) is 0 Å². The third-order valence-electron chi connectivity index (χ3n) is 3.19. The SMILES string of the molecule is O=C1N[C@H](c2ccc3ccccc3c2)C(F)(F)CO1. The maximum Gasteiger partial charge on any atom is 0.408 e. The third kappa shape index (κ3) is 2.12. The van der Waals surface area contributed by atoms with Gasteiger partial charge in [0.1, 0.15) is 6.04 Å². The van der Waals surface area contributed by atoms with Crippen LogP contribution in [0.2, 0.25) is 0 Å². The predicted octanol–water partition coefficient (Wildman–Crippen LogP) is 3.26. The number of fused-ring (bicyclic) bond motifs is 1. The van der Waals surface area contributed by atoms with E-state index >= 15 is 0 Å². The van der Waals surface area contributed by atoms with Gasteiger partial charge < -0.3 is 10.1 Å². The Morgan fingerprint density at radius 3 is 2.68 bits per heavy atom. The number of alkyl carbamates (subject to hydrolysis) is 1. The molecule has 5 heteroatoms. The fourth-order valence-corrected chi connectivity index (χ4v) is 2.22. The second kappa shape index (κ2) is 4.19. The van der Waals surface area contributed by atoms with Gasteiger partial charge in [0.2, 0.25) is 0 Å². The van der Waals surface area contributed by atoms with Gasteiger partial charge >= 0.3 is 12.0 Å². The third-order valence-corrected chi connectivity index (χ3v) is 3.19. The first-order valence-corrected chi connectivity index (χ1v) is 5.86. The van der Waals surface area contributed by atoms with Crippen LogP contribution in [0.5, 0.6) is 0 Å². The molecule has 0 bridgehead atoms. The van der Waals surface area contributed by atoms with Crippen LogP contribution >= 0.6 is 0 Å². The quantitative estimate of drug-likeness (QED) is 0.857. The van der Waals surface area contributed by atoms with E-state index in [0.717, 1.165) is 10.8 Å². The Hall–Kier alpha value is -2.17. The highest BCUT2D eigenvalue weighted by molar-refractivity contribution is 5.83. The summed E-state index contributed by atoms with van der Waals surface area (Å²) in [5, 5.41) is 4.00. The Morgan fingerprint density at radius 1 is 1.16 bits per heavy atom. The molecular formula is C14H11F2NO2. The standard InChI is InChI=1S/C14H11F2NO2/c15-14(16)8-19-13(18)17-12(14)11-6-5-9-3-1-2-4-10(9)7-11/h1-7,12H,8H2,(H,17,18)/t12-/m1/s1. The van der Waals surface area contributed by atoms with Crippen molar-refractivity contribution in [1.29, 1.82) is 0 Å². The van der Waals surface area contributed by atoms with E-state index in [2.05, 4.69) is 10.1 Å². The molecule has 0 aromatic heterocycles. The largest absolute Gasteiger partial charge is 0.443 e. The zero-order valence-corrected chi connectivity index (χ0v) is 9.90. The van der Waals surface area contributed by atoms with Crippen molar-refractivity contribution in [2.75, 3.05) is 6.61 Å². The van der Waals surface area contributed by atoms with E-state index < -0.39 is 24.7 Å². The topological polar surface area (TPSA) is 38.3 Å². The van der Waals surface area contributed by atoms with Crippen LogP contribution in [0.4, 0.5) is 13.6 Å². The van der Waals surface area contributed by atoms with Crippen molar-refractivity contribution in [1.82, 2.24) is 5.32 Å². The molecule has 3 nitrogen and oxygen atoms in total. The monoisotopic (exact) mass is 263 g/mol. The van der Waals surface area contributed by atoms with Gasteiger partial charge in [-0.15, -0.1) is 0 Å². The Kier molecular flexibility index (Phi) is 2.62. The van der Waals surface area contributed by atoms with E-state index in [-0.39, 0.29) is 0 Å². The number of hydrogen-bond donors (Lipinski definition) is 1. The fourth-order valence-electron chi connectivity index (χ4n) is 2.22. The zero-order valence-electron chi connectivity index (χ0n) is 9.90. The first kappa shape index (κ1) is 11.9. The van der Waals surface area contributed by atoms with Crippen molar-refractivity contribution in [3.05, 3.63) is 48.0 Å². The van der Waals surface area contributed by atoms with Crippen LogP contribution in [0.25, 0.3) is 10.8 Å². The van der Waals surface area contributed by atoms with E-state index in [4.69, 9.17) is 0 Å². The molecule has 0 unspecified atom stereocenters. The Balaban J connectivity index is 2.04. The first-order chi connectivity index (χ1) is 9.06. The highest BCUT2D eigenvalue weighted by atomic mass is 19.3. The number of carbonyl (C=O) groups excluding carboxylic acids is 1. The number of rotatable bonds is 1. The van der Waals surface area contributed by atoms with Gasteiger partial charge in [0.25, 0.3) is 0 Å². The van der Waals surface area contributed by atoms with Gasteiger partial charge in [-0.05, 0) is 22.4 Å². The lowest BCUT2D eigenvalue weighted by atomic mass is 9.97. The minimum Gasteiger partial charge on any atom is -0.443 e. The highest BCUT2D eigenvalue weighted by Gasteiger charge is 2.46. The van der Waals surface area contributed by atoms with Crippen molar-refractivity contribution in [3.63, 3.8) is 0 Å². The lowest BCUT2D eigenvalue weighted by molar-refractivity contribution is -0.104. The van der Waals surface area contributed by atoms with E-state index in [1.807, 2.05) is 24.3 Å². The number of nitrogens with one attached hydrogen (secondary N) is 1. The van der Waals surface area contributed by atoms with Gasteiger partial charge in [0.05, 0.1) is 0 Å². The molecule has 1 aliphatic heterocycles. The normalized spacial score (nSPS) is 21.8. The summed E-state index contributed by atoms with van der Waals surface area (Å²) in [5.41, 5.74) is 0.375. The van der Waals surface area contributed by atoms with Crippen molar-refractivity contribution in [2.24, 2.45) is 0 Å². The van der Waals surface area contributed by atoms with Crippen LogP contribution in [-0.4, -0.2) is 18.6 Å². The molecule has 0 spiro atoms. The number of halogens is 2. The maximum atomic E-state index is 13.8. The second-order valence-electron chi connectivity index (χ2n) is 4.52. The number of amides is 1. The number of cyclic esters (lactones) is 1. The molecule has 0 radical (unpaired) electrons. The van der Waals surface area contributed by atoms with Gasteiger partial charge in [-0.1, -0.05) is 36.4 Å². The Morgan fingerprint density at radius 2 is 1.89 bits per heavy atom. The first-order valence-electron chi connectivity index (χ1n) is 5.86. The second-order valence-corrected chi connectivity index (χ2v) is 4.52. The van der Waals surface area contributed by atoms with E-state index in [0.29, 0.717) is 5.56 Å². The van der Waals surface area contributed by atoms with E-state index in [1.54, 1.807) is 18.2 Å². The van der Waals surface area contributed by atoms with Crippen molar-refractivity contribution < 1.29 is 18.3 Å². The Labute approximate surface area is 108 Å². The zero-order chi connectivity index (χ0) is 13.5. The van der Waals surface area contributed by atoms with Crippen LogP contribution < -0.4 is 5.32 Å². The summed E-state index contributed by atoms with van der Waals surface area (Å²) in [7, 11) is 0. The van der Waals surface area contributed by atoms with E-state index in [9.17, 15) is 13.6 Å². The van der Waals surface area contributed by atoms with Crippen molar-refractivity contribution >= 4 is 16.9 Å². The predicted molar refractivity (Wildman–Crippen MR) is 66.1 cm³/mol. The van der Waals surface area contributed by atoms with Crippen LogP contribution in [0.15, 0.2) is 42.5 Å². The van der Waals surface area contributed by atoms with Crippen LogP contribution in [-0.2, 0) is 4.74 Å². The molecule has 2 aromatic carbocycles. The van der Waals surface area contributed by atoms with Gasteiger partial charge in [0.15, 0.2) is 6.61 Å². The summed E-state index contributed by atoms with van der Waals surface area (Å²) >= 11 is 0. The summed E-state index contributed by atoms with van der Waals surface area (Å²) in [4.78, 5) is 11.1. The molecule has 1 fully saturated rings. The molecule has 1 amide bonds.